The quantitative estimate of drug-likeness (QED) is 0.564. The smallest absolute Gasteiger partial charge is 0.343 e. The van der Waals surface area contributed by atoms with Gasteiger partial charge in [0.2, 0.25) is 0 Å². The number of rotatable bonds is 1. The van der Waals surface area contributed by atoms with Gasteiger partial charge in [-0.3, -0.25) is 0 Å². The molecule has 0 saturated heterocycles. The monoisotopic (exact) mass is 264 g/mol. The minimum Gasteiger partial charge on any atom is -0.456 e. The molecule has 0 bridgehead atoms. The highest BCUT2D eigenvalue weighted by Gasteiger charge is 2.24. The average Bonchev–Trinajstić information content (AvgIpc) is 2.09. The van der Waals surface area contributed by atoms with Gasteiger partial charge < -0.3 is 4.74 Å². The summed E-state index contributed by atoms with van der Waals surface area (Å²) >= 11 is 11.4. The molecule has 0 unspecified atom stereocenters. The van der Waals surface area contributed by atoms with Crippen LogP contribution in [0.3, 0.4) is 0 Å². The van der Waals surface area contributed by atoms with Gasteiger partial charge in [-0.25, -0.2) is 9.18 Å². The van der Waals surface area contributed by atoms with Gasteiger partial charge in [0, 0.05) is 0 Å². The second kappa shape index (κ2) is 4.60. The summed E-state index contributed by atoms with van der Waals surface area (Å²) in [5, 5.41) is -0.0140. The highest BCUT2D eigenvalue weighted by atomic mass is 35.5. The SMILES string of the molecule is CC(C)(C)OC(=O)c1c(F)ccc(Cl)c1Cl. The van der Waals surface area contributed by atoms with Crippen molar-refractivity contribution in [2.24, 2.45) is 0 Å². The standard InChI is InChI=1S/C11H11Cl2FO2/c1-11(2,3)16-10(15)8-7(14)5-4-6(12)9(8)13/h4-5H,1-3H3. The second-order valence-electron chi connectivity index (χ2n) is 4.22. The van der Waals surface area contributed by atoms with E-state index in [9.17, 15) is 9.18 Å². The van der Waals surface area contributed by atoms with Crippen molar-refractivity contribution in [2.75, 3.05) is 0 Å². The Morgan fingerprint density at radius 1 is 1.31 bits per heavy atom. The van der Waals surface area contributed by atoms with E-state index in [4.69, 9.17) is 27.9 Å². The molecule has 0 saturated carbocycles. The Labute approximate surface area is 103 Å². The summed E-state index contributed by atoms with van der Waals surface area (Å²) in [5.74, 6) is -1.57. The van der Waals surface area contributed by atoms with E-state index in [1.807, 2.05) is 0 Å². The van der Waals surface area contributed by atoms with Gasteiger partial charge in [0.25, 0.3) is 0 Å². The Bertz CT molecular complexity index is 425. The molecule has 0 atom stereocenters. The fourth-order valence-electron chi connectivity index (χ4n) is 1.04. The minimum absolute atomic E-state index is 0.115. The van der Waals surface area contributed by atoms with Crippen LogP contribution in [-0.2, 0) is 4.74 Å². The van der Waals surface area contributed by atoms with Gasteiger partial charge in [0.05, 0.1) is 10.0 Å². The van der Waals surface area contributed by atoms with Crippen LogP contribution in [0.1, 0.15) is 31.1 Å². The number of halogens is 3. The average molecular weight is 265 g/mol. The molecule has 1 rings (SSSR count). The van der Waals surface area contributed by atoms with Crippen molar-refractivity contribution in [1.82, 2.24) is 0 Å². The normalized spacial score (nSPS) is 11.4. The van der Waals surface area contributed by atoms with Gasteiger partial charge in [-0.05, 0) is 32.9 Å². The summed E-state index contributed by atoms with van der Waals surface area (Å²) in [6, 6.07) is 2.36. The molecule has 0 N–H and O–H groups in total. The van der Waals surface area contributed by atoms with E-state index in [0.29, 0.717) is 0 Å². The molecule has 0 amide bonds. The van der Waals surface area contributed by atoms with E-state index in [1.54, 1.807) is 20.8 Å². The number of esters is 1. The topological polar surface area (TPSA) is 26.3 Å². The maximum absolute atomic E-state index is 13.4. The highest BCUT2D eigenvalue weighted by molar-refractivity contribution is 6.43. The molecule has 0 heterocycles. The molecule has 0 aliphatic carbocycles. The van der Waals surface area contributed by atoms with Crippen LogP contribution >= 0.6 is 23.2 Å². The maximum atomic E-state index is 13.4. The van der Waals surface area contributed by atoms with Crippen molar-refractivity contribution in [3.8, 4) is 0 Å². The first-order valence-electron chi connectivity index (χ1n) is 4.59. The molecule has 5 heteroatoms. The van der Waals surface area contributed by atoms with Crippen LogP contribution in [0, 0.1) is 5.82 Å². The number of hydrogen-bond donors (Lipinski definition) is 0. The molecule has 0 aliphatic rings. The molecular formula is C11H11Cl2FO2. The molecule has 16 heavy (non-hydrogen) atoms. The third-order valence-electron chi connectivity index (χ3n) is 1.65. The zero-order valence-corrected chi connectivity index (χ0v) is 10.6. The third kappa shape index (κ3) is 3.09. The summed E-state index contributed by atoms with van der Waals surface area (Å²) in [6.45, 7) is 5.05. The minimum atomic E-state index is -0.822. The number of ether oxygens (including phenoxy) is 1. The van der Waals surface area contributed by atoms with Crippen molar-refractivity contribution >= 4 is 29.2 Å². The highest BCUT2D eigenvalue weighted by Crippen LogP contribution is 2.29. The largest absolute Gasteiger partial charge is 0.456 e. The van der Waals surface area contributed by atoms with E-state index >= 15 is 0 Å². The predicted molar refractivity (Wildman–Crippen MR) is 61.6 cm³/mol. The zero-order chi connectivity index (χ0) is 12.5. The lowest BCUT2D eigenvalue weighted by molar-refractivity contribution is 0.00650. The fraction of sp³-hybridized carbons (Fsp3) is 0.364. The molecule has 0 aromatic heterocycles. The van der Waals surface area contributed by atoms with Crippen molar-refractivity contribution in [3.63, 3.8) is 0 Å². The van der Waals surface area contributed by atoms with Gasteiger partial charge in [-0.15, -0.1) is 0 Å². The van der Waals surface area contributed by atoms with E-state index in [0.717, 1.165) is 6.07 Å². The van der Waals surface area contributed by atoms with Crippen LogP contribution in [0.15, 0.2) is 12.1 Å². The summed E-state index contributed by atoms with van der Waals surface area (Å²) in [5.41, 5.74) is -1.04. The molecular weight excluding hydrogens is 254 g/mol. The first kappa shape index (κ1) is 13.3. The van der Waals surface area contributed by atoms with E-state index in [-0.39, 0.29) is 15.6 Å². The fourth-order valence-corrected chi connectivity index (χ4v) is 1.43. The van der Waals surface area contributed by atoms with Gasteiger partial charge in [-0.2, -0.15) is 0 Å². The van der Waals surface area contributed by atoms with Gasteiger partial charge >= 0.3 is 5.97 Å². The Morgan fingerprint density at radius 3 is 2.38 bits per heavy atom. The number of hydrogen-bond acceptors (Lipinski definition) is 2. The van der Waals surface area contributed by atoms with Crippen molar-refractivity contribution in [3.05, 3.63) is 33.6 Å². The van der Waals surface area contributed by atoms with Crippen molar-refractivity contribution in [2.45, 2.75) is 26.4 Å². The van der Waals surface area contributed by atoms with Gasteiger partial charge in [-0.1, -0.05) is 23.2 Å². The summed E-state index contributed by atoms with van der Waals surface area (Å²) in [7, 11) is 0. The summed E-state index contributed by atoms with van der Waals surface area (Å²) in [6.07, 6.45) is 0. The molecule has 88 valence electrons. The zero-order valence-electron chi connectivity index (χ0n) is 9.11. The van der Waals surface area contributed by atoms with Crippen LogP contribution in [0.5, 0.6) is 0 Å². The summed E-state index contributed by atoms with van der Waals surface area (Å²) in [4.78, 5) is 11.6. The third-order valence-corrected chi connectivity index (χ3v) is 2.45. The number of carbonyl (C=O) groups excluding carboxylic acids is 1. The lowest BCUT2D eigenvalue weighted by Crippen LogP contribution is -2.24. The van der Waals surface area contributed by atoms with Crippen LogP contribution in [0.2, 0.25) is 10.0 Å². The molecule has 1 aromatic rings. The van der Waals surface area contributed by atoms with Crippen molar-refractivity contribution in [1.29, 1.82) is 0 Å². The van der Waals surface area contributed by atoms with Crippen molar-refractivity contribution < 1.29 is 13.9 Å². The first-order valence-corrected chi connectivity index (χ1v) is 5.35. The number of benzene rings is 1. The molecule has 0 fully saturated rings. The Morgan fingerprint density at radius 2 is 1.88 bits per heavy atom. The van der Waals surface area contributed by atoms with Crippen LogP contribution in [0.25, 0.3) is 0 Å². The van der Waals surface area contributed by atoms with E-state index in [2.05, 4.69) is 0 Å². The lowest BCUT2D eigenvalue weighted by Gasteiger charge is -2.20. The van der Waals surface area contributed by atoms with Crippen LogP contribution in [0.4, 0.5) is 4.39 Å². The van der Waals surface area contributed by atoms with Crippen LogP contribution in [-0.4, -0.2) is 11.6 Å². The molecule has 0 radical (unpaired) electrons. The molecule has 1 aromatic carbocycles. The molecule has 0 aliphatic heterocycles. The molecule has 2 nitrogen and oxygen atoms in total. The Balaban J connectivity index is 3.14. The van der Waals surface area contributed by atoms with Crippen LogP contribution < -0.4 is 0 Å². The Hall–Kier alpha value is -0.800. The van der Waals surface area contributed by atoms with E-state index in [1.165, 1.54) is 6.07 Å². The Kier molecular flexibility index (Phi) is 3.81. The summed E-state index contributed by atoms with van der Waals surface area (Å²) < 4.78 is 18.4. The van der Waals surface area contributed by atoms with Gasteiger partial charge in [0.1, 0.15) is 17.0 Å². The van der Waals surface area contributed by atoms with Gasteiger partial charge in [0.15, 0.2) is 0 Å². The van der Waals surface area contributed by atoms with E-state index < -0.39 is 17.4 Å². The molecule has 0 spiro atoms. The first-order chi connectivity index (χ1) is 7.22. The number of carbonyl (C=O) groups is 1. The predicted octanol–water partition coefficient (Wildman–Crippen LogP) is 4.09. The maximum Gasteiger partial charge on any atom is 0.343 e. The second-order valence-corrected chi connectivity index (χ2v) is 5.01. The lowest BCUT2D eigenvalue weighted by atomic mass is 10.1.